The number of epoxide rings is 1. The molecule has 5 fully saturated rings. The van der Waals surface area contributed by atoms with Gasteiger partial charge in [-0.05, 0) is 132 Å². The number of fused-ring (bicyclic) bond motifs is 5. The summed E-state index contributed by atoms with van der Waals surface area (Å²) < 4.78 is 24.1. The van der Waals surface area contributed by atoms with Gasteiger partial charge < -0.3 is 34.3 Å². The van der Waals surface area contributed by atoms with Crippen molar-refractivity contribution in [1.29, 1.82) is 0 Å². The van der Waals surface area contributed by atoms with Crippen molar-refractivity contribution < 1.29 is 39.1 Å². The number of hydrogen-bond acceptors (Lipinski definition) is 8. The largest absolute Gasteiger partial charge is 0.463 e. The van der Waals surface area contributed by atoms with Crippen LogP contribution >= 0.6 is 0 Å². The van der Waals surface area contributed by atoms with Crippen LogP contribution in [-0.4, -0.2) is 75.9 Å². The van der Waals surface area contributed by atoms with Gasteiger partial charge in [-0.2, -0.15) is 0 Å². The molecule has 3 N–H and O–H groups in total. The zero-order valence-corrected chi connectivity index (χ0v) is 38.0. The van der Waals surface area contributed by atoms with E-state index in [0.717, 1.165) is 75.0 Å². The van der Waals surface area contributed by atoms with Crippen LogP contribution in [0.4, 0.5) is 0 Å². The lowest BCUT2D eigenvalue weighted by Gasteiger charge is -2.58. The number of aliphatic hydroxyl groups is 3. The molecule has 6 aliphatic rings. The Morgan fingerprint density at radius 2 is 1.45 bits per heavy atom. The number of allylic oxidation sites excluding steroid dienone is 1. The molecule has 2 saturated heterocycles. The number of rotatable bonds is 22. The topological polar surface area (TPSA) is 118 Å². The first-order chi connectivity index (χ1) is 27.6. The summed E-state index contributed by atoms with van der Waals surface area (Å²) >= 11 is 0. The summed E-state index contributed by atoms with van der Waals surface area (Å²) in [6.07, 6.45) is 24.2. The number of hydrogen-bond donors (Lipinski definition) is 3. The molecule has 14 unspecified atom stereocenters. The molecule has 0 amide bonds. The summed E-state index contributed by atoms with van der Waals surface area (Å²) in [5.41, 5.74) is 2.13. The molecule has 0 aromatic rings. The predicted molar refractivity (Wildman–Crippen MR) is 230 cm³/mol. The Kier molecular flexibility index (Phi) is 16.0. The normalized spacial score (nSPS) is 40.9. The van der Waals surface area contributed by atoms with Gasteiger partial charge in [-0.3, -0.25) is 4.79 Å². The molecule has 8 heteroatoms. The fourth-order valence-electron chi connectivity index (χ4n) is 13.2. The number of carbonyl (C=O) groups excluding carboxylic acids is 1. The highest BCUT2D eigenvalue weighted by molar-refractivity contribution is 5.69. The molecule has 334 valence electrons. The Bertz CT molecular complexity index is 1350. The smallest absolute Gasteiger partial charge is 0.305 e. The van der Waals surface area contributed by atoms with E-state index in [4.69, 9.17) is 18.9 Å². The molecule has 4 aliphatic carbocycles. The molecular weight excluding hydrogens is 729 g/mol. The minimum absolute atomic E-state index is 0.0233. The monoisotopic (exact) mass is 815 g/mol. The van der Waals surface area contributed by atoms with Gasteiger partial charge in [0.2, 0.25) is 0 Å². The minimum atomic E-state index is -1.45. The Morgan fingerprint density at radius 3 is 2.09 bits per heavy atom. The zero-order valence-electron chi connectivity index (χ0n) is 38.0. The third kappa shape index (κ3) is 10.4. The molecule has 0 aromatic heterocycles. The average Bonchev–Trinajstić information content (AvgIpc) is 3.50. The Hall–Kier alpha value is -1.03. The van der Waals surface area contributed by atoms with Crippen LogP contribution in [0.25, 0.3) is 0 Å². The van der Waals surface area contributed by atoms with E-state index in [9.17, 15) is 20.1 Å². The highest BCUT2D eigenvalue weighted by Gasteiger charge is 2.61. The molecule has 0 radical (unpaired) electrons. The molecule has 0 bridgehead atoms. The Balaban J connectivity index is 0.919. The van der Waals surface area contributed by atoms with Crippen LogP contribution in [0.3, 0.4) is 0 Å². The van der Waals surface area contributed by atoms with Crippen molar-refractivity contribution in [3.8, 4) is 0 Å². The molecule has 2 aliphatic heterocycles. The molecule has 2 heterocycles. The standard InChI is InChI=1S/C50H86O8/c1-8-9-10-11-12-13-14-15-16-17-18-19-20-21-42(51)55-33-41-43(52)44(53)45(54)46(57-41)56-36-27-29-48(5)35(32-36)22-23-37-39-25-24-38(49(39,6)30-28-40(37)48)34(2)26-31-50(7)47(3,4)58-50/h22,34,36-41,43-46,52-54H,8-21,23-33H2,1-7H3. The summed E-state index contributed by atoms with van der Waals surface area (Å²) in [5, 5.41) is 32.5. The molecule has 8 nitrogen and oxygen atoms in total. The molecular formula is C50H86O8. The van der Waals surface area contributed by atoms with E-state index in [0.29, 0.717) is 17.8 Å². The Labute approximate surface area is 353 Å². The van der Waals surface area contributed by atoms with Crippen LogP contribution in [0.2, 0.25) is 0 Å². The summed E-state index contributed by atoms with van der Waals surface area (Å²) in [4.78, 5) is 12.6. The molecule has 14 atom stereocenters. The first-order valence-corrected chi connectivity index (χ1v) is 24.5. The minimum Gasteiger partial charge on any atom is -0.463 e. The van der Waals surface area contributed by atoms with Gasteiger partial charge in [0.25, 0.3) is 0 Å². The van der Waals surface area contributed by atoms with Gasteiger partial charge in [0.05, 0.1) is 17.3 Å². The van der Waals surface area contributed by atoms with Crippen LogP contribution < -0.4 is 0 Å². The van der Waals surface area contributed by atoms with Gasteiger partial charge >= 0.3 is 5.97 Å². The third-order valence-electron chi connectivity index (χ3n) is 17.5. The highest BCUT2D eigenvalue weighted by Crippen LogP contribution is 2.67. The summed E-state index contributed by atoms with van der Waals surface area (Å²) in [6.45, 7) is 16.5. The maximum atomic E-state index is 12.6. The number of unbranched alkanes of at least 4 members (excludes halogenated alkanes) is 12. The number of esters is 1. The van der Waals surface area contributed by atoms with Crippen LogP contribution in [-0.2, 0) is 23.7 Å². The van der Waals surface area contributed by atoms with Crippen LogP contribution in [0.1, 0.15) is 203 Å². The first-order valence-electron chi connectivity index (χ1n) is 24.5. The second-order valence-electron chi connectivity index (χ2n) is 21.5. The maximum Gasteiger partial charge on any atom is 0.305 e. The van der Waals surface area contributed by atoms with Gasteiger partial charge in [0.1, 0.15) is 31.0 Å². The molecule has 0 spiro atoms. The molecule has 6 rings (SSSR count). The first kappa shape index (κ1) is 46.5. The van der Waals surface area contributed by atoms with E-state index >= 15 is 0 Å². The summed E-state index contributed by atoms with van der Waals surface area (Å²) in [7, 11) is 0. The number of ether oxygens (including phenoxy) is 4. The number of carbonyl (C=O) groups is 1. The van der Waals surface area contributed by atoms with Crippen LogP contribution in [0.15, 0.2) is 11.6 Å². The van der Waals surface area contributed by atoms with Gasteiger partial charge in [-0.15, -0.1) is 0 Å². The van der Waals surface area contributed by atoms with Gasteiger partial charge in [-0.25, -0.2) is 0 Å². The van der Waals surface area contributed by atoms with Crippen molar-refractivity contribution in [3.05, 3.63) is 11.6 Å². The lowest BCUT2D eigenvalue weighted by molar-refractivity contribution is -0.313. The van der Waals surface area contributed by atoms with Gasteiger partial charge in [-0.1, -0.05) is 116 Å². The van der Waals surface area contributed by atoms with Crippen molar-refractivity contribution in [2.24, 2.45) is 40.4 Å². The van der Waals surface area contributed by atoms with Crippen molar-refractivity contribution in [1.82, 2.24) is 0 Å². The van der Waals surface area contributed by atoms with Crippen molar-refractivity contribution >= 4 is 5.97 Å². The zero-order chi connectivity index (χ0) is 41.7. The SMILES string of the molecule is CCCCCCCCCCCCCCCC(=O)OCC1OC(OC2CCC3(C)C(=CCC4C3CCC3(C)C(C(C)CCC5(C)OC5(C)C)CCC43)C2)C(O)C(O)C1O. The summed E-state index contributed by atoms with van der Waals surface area (Å²) in [5.74, 6) is 3.40. The second kappa shape index (κ2) is 20.0. The fourth-order valence-corrected chi connectivity index (χ4v) is 13.2. The summed E-state index contributed by atoms with van der Waals surface area (Å²) in [6, 6.07) is 0. The maximum absolute atomic E-state index is 12.6. The van der Waals surface area contributed by atoms with E-state index in [1.54, 1.807) is 0 Å². The second-order valence-corrected chi connectivity index (χ2v) is 21.5. The van der Waals surface area contributed by atoms with E-state index < -0.39 is 30.7 Å². The molecule has 58 heavy (non-hydrogen) atoms. The lowest BCUT2D eigenvalue weighted by atomic mass is 9.47. The van der Waals surface area contributed by atoms with Crippen LogP contribution in [0.5, 0.6) is 0 Å². The lowest BCUT2D eigenvalue weighted by Crippen LogP contribution is -2.60. The molecule has 3 saturated carbocycles. The van der Waals surface area contributed by atoms with Gasteiger partial charge in [0, 0.05) is 6.42 Å². The highest BCUT2D eigenvalue weighted by atomic mass is 16.7. The third-order valence-corrected chi connectivity index (χ3v) is 17.5. The quantitative estimate of drug-likeness (QED) is 0.0428. The fraction of sp³-hybridized carbons (Fsp3) is 0.940. The van der Waals surface area contributed by atoms with Crippen molar-refractivity contribution in [2.45, 2.75) is 251 Å². The number of aliphatic hydroxyl groups excluding tert-OH is 3. The Morgan fingerprint density at radius 1 is 0.810 bits per heavy atom. The van der Waals surface area contributed by atoms with E-state index in [2.05, 4.69) is 54.5 Å². The van der Waals surface area contributed by atoms with Crippen LogP contribution in [0, 0.1) is 40.4 Å². The van der Waals surface area contributed by atoms with E-state index in [1.165, 1.54) is 102 Å². The van der Waals surface area contributed by atoms with Gasteiger partial charge in [0.15, 0.2) is 6.29 Å². The predicted octanol–water partition coefficient (Wildman–Crippen LogP) is 10.8. The van der Waals surface area contributed by atoms with Crippen molar-refractivity contribution in [3.63, 3.8) is 0 Å². The van der Waals surface area contributed by atoms with E-state index in [1.807, 2.05) is 0 Å². The molecule has 0 aromatic carbocycles. The van der Waals surface area contributed by atoms with Crippen molar-refractivity contribution in [2.75, 3.05) is 6.61 Å². The average molecular weight is 815 g/mol. The van der Waals surface area contributed by atoms with E-state index in [-0.39, 0.29) is 35.3 Å².